The number of fused-ring (bicyclic) bond motifs is 1. The summed E-state index contributed by atoms with van der Waals surface area (Å²) in [6, 6.07) is 6.24. The van der Waals surface area contributed by atoms with Crippen LogP contribution in [0.2, 0.25) is 0 Å². The Morgan fingerprint density at radius 3 is 2.95 bits per heavy atom. The smallest absolute Gasteiger partial charge is 0.227 e. The van der Waals surface area contributed by atoms with Crippen molar-refractivity contribution in [3.63, 3.8) is 0 Å². The van der Waals surface area contributed by atoms with E-state index in [0.717, 1.165) is 34.4 Å². The SMILES string of the molecule is Cc1n[nH]c(C)c1CC(=O)N1CCc2cccc(Br)c2C1. The fourth-order valence-corrected chi connectivity index (χ4v) is 3.38. The van der Waals surface area contributed by atoms with Crippen LogP contribution in [0.15, 0.2) is 22.7 Å². The number of benzene rings is 1. The highest BCUT2D eigenvalue weighted by atomic mass is 79.9. The Labute approximate surface area is 132 Å². The molecule has 1 aromatic carbocycles. The molecule has 0 bridgehead atoms. The van der Waals surface area contributed by atoms with Gasteiger partial charge in [0.05, 0.1) is 12.1 Å². The third kappa shape index (κ3) is 2.75. The normalized spacial score (nSPS) is 14.1. The van der Waals surface area contributed by atoms with Gasteiger partial charge in [0.25, 0.3) is 0 Å². The van der Waals surface area contributed by atoms with E-state index in [9.17, 15) is 4.79 Å². The summed E-state index contributed by atoms with van der Waals surface area (Å²) in [5, 5.41) is 7.10. The molecule has 2 heterocycles. The highest BCUT2D eigenvalue weighted by Crippen LogP contribution is 2.27. The summed E-state index contributed by atoms with van der Waals surface area (Å²) >= 11 is 3.59. The van der Waals surface area contributed by atoms with Crippen LogP contribution >= 0.6 is 15.9 Å². The third-order valence-electron chi connectivity index (χ3n) is 4.18. The molecule has 1 amide bonds. The Hall–Kier alpha value is -1.62. The number of halogens is 1. The van der Waals surface area contributed by atoms with Gasteiger partial charge in [-0.1, -0.05) is 28.1 Å². The average Bonchev–Trinajstić information content (AvgIpc) is 2.79. The molecule has 0 radical (unpaired) electrons. The zero-order chi connectivity index (χ0) is 15.0. The molecular formula is C16H18BrN3O. The van der Waals surface area contributed by atoms with Crippen molar-refractivity contribution in [2.45, 2.75) is 33.2 Å². The van der Waals surface area contributed by atoms with E-state index in [2.05, 4.69) is 38.3 Å². The molecule has 0 unspecified atom stereocenters. The molecule has 0 aliphatic carbocycles. The lowest BCUT2D eigenvalue weighted by atomic mass is 9.99. The lowest BCUT2D eigenvalue weighted by molar-refractivity contribution is -0.131. The number of hydrogen-bond donors (Lipinski definition) is 1. The Morgan fingerprint density at radius 1 is 1.43 bits per heavy atom. The van der Waals surface area contributed by atoms with Crippen molar-refractivity contribution in [1.82, 2.24) is 15.1 Å². The van der Waals surface area contributed by atoms with Gasteiger partial charge in [0.15, 0.2) is 0 Å². The van der Waals surface area contributed by atoms with Gasteiger partial charge < -0.3 is 4.90 Å². The minimum absolute atomic E-state index is 0.170. The topological polar surface area (TPSA) is 49.0 Å². The first-order valence-corrected chi connectivity index (χ1v) is 7.90. The molecule has 1 aromatic heterocycles. The van der Waals surface area contributed by atoms with Crippen molar-refractivity contribution in [3.8, 4) is 0 Å². The van der Waals surface area contributed by atoms with Crippen LogP contribution in [-0.2, 0) is 24.2 Å². The number of H-pyrrole nitrogens is 1. The molecule has 110 valence electrons. The maximum atomic E-state index is 12.6. The van der Waals surface area contributed by atoms with Crippen LogP contribution in [0.3, 0.4) is 0 Å². The van der Waals surface area contributed by atoms with Crippen molar-refractivity contribution in [2.24, 2.45) is 0 Å². The summed E-state index contributed by atoms with van der Waals surface area (Å²) < 4.78 is 1.09. The summed E-state index contributed by atoms with van der Waals surface area (Å²) in [5.41, 5.74) is 5.50. The van der Waals surface area contributed by atoms with E-state index in [4.69, 9.17) is 0 Å². The fourth-order valence-electron chi connectivity index (χ4n) is 2.85. The van der Waals surface area contributed by atoms with Crippen LogP contribution in [-0.4, -0.2) is 27.5 Å². The molecular weight excluding hydrogens is 330 g/mol. The van der Waals surface area contributed by atoms with E-state index >= 15 is 0 Å². The summed E-state index contributed by atoms with van der Waals surface area (Å²) in [6.07, 6.45) is 1.35. The molecule has 1 N–H and O–H groups in total. The maximum absolute atomic E-state index is 12.6. The summed E-state index contributed by atoms with van der Waals surface area (Å²) in [5.74, 6) is 0.170. The third-order valence-corrected chi connectivity index (χ3v) is 4.92. The van der Waals surface area contributed by atoms with E-state index in [-0.39, 0.29) is 5.91 Å². The molecule has 0 fully saturated rings. The van der Waals surface area contributed by atoms with Gasteiger partial charge in [0, 0.05) is 28.8 Å². The number of amides is 1. The summed E-state index contributed by atoms with van der Waals surface area (Å²) in [6.45, 7) is 5.38. The minimum atomic E-state index is 0.170. The second kappa shape index (κ2) is 5.64. The lowest BCUT2D eigenvalue weighted by Gasteiger charge is -2.29. The molecule has 21 heavy (non-hydrogen) atoms. The monoisotopic (exact) mass is 347 g/mol. The average molecular weight is 348 g/mol. The van der Waals surface area contributed by atoms with Gasteiger partial charge in [0.1, 0.15) is 0 Å². The Morgan fingerprint density at radius 2 is 2.24 bits per heavy atom. The first-order chi connectivity index (χ1) is 10.1. The number of hydrogen-bond acceptors (Lipinski definition) is 2. The number of aromatic amines is 1. The lowest BCUT2D eigenvalue weighted by Crippen LogP contribution is -2.37. The standard InChI is InChI=1S/C16H18BrN3O/c1-10-13(11(2)19-18-10)8-16(21)20-7-6-12-4-3-5-15(17)14(12)9-20/h3-5H,6-9H2,1-2H3,(H,18,19). The highest BCUT2D eigenvalue weighted by Gasteiger charge is 2.23. The maximum Gasteiger partial charge on any atom is 0.227 e. The second-order valence-corrected chi connectivity index (χ2v) is 6.39. The van der Waals surface area contributed by atoms with Gasteiger partial charge in [0.2, 0.25) is 5.91 Å². The molecule has 0 saturated heterocycles. The fraction of sp³-hybridized carbons (Fsp3) is 0.375. The van der Waals surface area contributed by atoms with Crippen LogP contribution in [0.5, 0.6) is 0 Å². The molecule has 0 atom stereocenters. The largest absolute Gasteiger partial charge is 0.338 e. The number of aryl methyl sites for hydroxylation is 2. The van der Waals surface area contributed by atoms with Gasteiger partial charge in [-0.15, -0.1) is 0 Å². The van der Waals surface area contributed by atoms with E-state index in [1.807, 2.05) is 24.8 Å². The van der Waals surface area contributed by atoms with Crippen molar-refractivity contribution in [3.05, 3.63) is 50.8 Å². The van der Waals surface area contributed by atoms with Crippen molar-refractivity contribution < 1.29 is 4.79 Å². The zero-order valence-corrected chi connectivity index (χ0v) is 13.8. The van der Waals surface area contributed by atoms with Crippen molar-refractivity contribution >= 4 is 21.8 Å². The molecule has 3 rings (SSSR count). The first-order valence-electron chi connectivity index (χ1n) is 7.10. The van der Waals surface area contributed by atoms with Gasteiger partial charge >= 0.3 is 0 Å². The predicted molar refractivity (Wildman–Crippen MR) is 85.0 cm³/mol. The molecule has 0 saturated carbocycles. The van der Waals surface area contributed by atoms with Crippen LogP contribution in [0.4, 0.5) is 0 Å². The Kier molecular flexibility index (Phi) is 3.85. The molecule has 4 nitrogen and oxygen atoms in total. The zero-order valence-electron chi connectivity index (χ0n) is 12.2. The number of nitrogens with zero attached hydrogens (tertiary/aromatic N) is 2. The number of rotatable bonds is 2. The number of aromatic nitrogens is 2. The Balaban J connectivity index is 1.77. The van der Waals surface area contributed by atoms with Crippen LogP contribution in [0, 0.1) is 13.8 Å². The summed E-state index contributed by atoms with van der Waals surface area (Å²) in [7, 11) is 0. The Bertz CT molecular complexity index is 673. The number of carbonyl (C=O) groups excluding carboxylic acids is 1. The van der Waals surface area contributed by atoms with Crippen molar-refractivity contribution in [1.29, 1.82) is 0 Å². The molecule has 5 heteroatoms. The van der Waals surface area contributed by atoms with Crippen molar-refractivity contribution in [2.75, 3.05) is 6.54 Å². The molecule has 1 aliphatic rings. The van der Waals surface area contributed by atoms with Gasteiger partial charge in [-0.3, -0.25) is 9.89 Å². The summed E-state index contributed by atoms with van der Waals surface area (Å²) in [4.78, 5) is 14.5. The van der Waals surface area contributed by atoms with Gasteiger partial charge in [-0.05, 0) is 37.5 Å². The van der Waals surface area contributed by atoms with E-state index < -0.39 is 0 Å². The minimum Gasteiger partial charge on any atom is -0.338 e. The van der Waals surface area contributed by atoms with Crippen LogP contribution in [0.25, 0.3) is 0 Å². The predicted octanol–water partition coefficient (Wildman–Crippen LogP) is 2.92. The molecule has 1 aliphatic heterocycles. The van der Waals surface area contributed by atoms with Gasteiger partial charge in [-0.2, -0.15) is 5.10 Å². The van der Waals surface area contributed by atoms with E-state index in [0.29, 0.717) is 13.0 Å². The molecule has 0 spiro atoms. The highest BCUT2D eigenvalue weighted by molar-refractivity contribution is 9.10. The number of nitrogens with one attached hydrogen (secondary N) is 1. The van der Waals surface area contributed by atoms with Gasteiger partial charge in [-0.25, -0.2) is 0 Å². The van der Waals surface area contributed by atoms with E-state index in [1.54, 1.807) is 0 Å². The van der Waals surface area contributed by atoms with Crippen LogP contribution < -0.4 is 0 Å². The number of carbonyl (C=O) groups is 1. The first kappa shape index (κ1) is 14.3. The molecule has 2 aromatic rings. The van der Waals surface area contributed by atoms with Crippen LogP contribution in [0.1, 0.15) is 28.1 Å². The second-order valence-electron chi connectivity index (χ2n) is 5.53. The van der Waals surface area contributed by atoms with E-state index in [1.165, 1.54) is 11.1 Å². The quantitative estimate of drug-likeness (QED) is 0.907.